The second-order valence-electron chi connectivity index (χ2n) is 4.18. The van der Waals surface area contributed by atoms with Gasteiger partial charge in [0.25, 0.3) is 0 Å². The molecule has 0 aliphatic heterocycles. The van der Waals surface area contributed by atoms with Crippen molar-refractivity contribution in [3.05, 3.63) is 36.0 Å². The van der Waals surface area contributed by atoms with E-state index in [2.05, 4.69) is 18.0 Å². The van der Waals surface area contributed by atoms with Crippen LogP contribution in [0, 0.1) is 0 Å². The molecule has 1 aromatic heterocycles. The molecule has 1 N–H and O–H groups in total. The molecule has 0 amide bonds. The van der Waals surface area contributed by atoms with Crippen molar-refractivity contribution in [1.29, 1.82) is 0 Å². The molecule has 0 saturated heterocycles. The zero-order valence-electron chi connectivity index (χ0n) is 9.62. The fourth-order valence-electron chi connectivity index (χ4n) is 1.95. The normalized spacial score (nSPS) is 10.8. The fourth-order valence-corrected chi connectivity index (χ4v) is 1.95. The van der Waals surface area contributed by atoms with Crippen LogP contribution in [-0.4, -0.2) is 10.8 Å². The number of carbonyl (C=O) groups excluding carboxylic acids is 1. The number of carbonyl (C=O) groups is 1. The highest BCUT2D eigenvalue weighted by Crippen LogP contribution is 2.18. The van der Waals surface area contributed by atoms with Crippen LogP contribution in [0.15, 0.2) is 30.5 Å². The number of ketones is 1. The van der Waals surface area contributed by atoms with Crippen molar-refractivity contribution >= 4 is 16.7 Å². The minimum atomic E-state index is 0.339. The number of para-hydroxylation sites is 1. The molecule has 2 heteroatoms. The van der Waals surface area contributed by atoms with E-state index in [1.807, 2.05) is 24.4 Å². The molecule has 1 heterocycles. The third-order valence-corrected chi connectivity index (χ3v) is 2.87. The van der Waals surface area contributed by atoms with E-state index in [0.717, 1.165) is 23.9 Å². The number of aromatic amines is 1. The Labute approximate surface area is 95.7 Å². The van der Waals surface area contributed by atoms with Crippen molar-refractivity contribution in [3.8, 4) is 0 Å². The van der Waals surface area contributed by atoms with Gasteiger partial charge in [0.05, 0.1) is 0 Å². The first-order valence-corrected chi connectivity index (χ1v) is 5.88. The fraction of sp³-hybridized carbons (Fsp3) is 0.357. The van der Waals surface area contributed by atoms with Crippen molar-refractivity contribution in [2.75, 3.05) is 0 Å². The van der Waals surface area contributed by atoms with Crippen molar-refractivity contribution in [3.63, 3.8) is 0 Å². The highest BCUT2D eigenvalue weighted by Gasteiger charge is 2.07. The van der Waals surface area contributed by atoms with Crippen LogP contribution in [0.1, 0.15) is 31.7 Å². The van der Waals surface area contributed by atoms with Crippen LogP contribution in [0.2, 0.25) is 0 Å². The van der Waals surface area contributed by atoms with Gasteiger partial charge in [-0.05, 0) is 18.1 Å². The van der Waals surface area contributed by atoms with Crippen molar-refractivity contribution in [2.24, 2.45) is 0 Å². The molecule has 0 spiro atoms. The Bertz CT molecular complexity index is 484. The summed E-state index contributed by atoms with van der Waals surface area (Å²) >= 11 is 0. The summed E-state index contributed by atoms with van der Waals surface area (Å²) in [5.41, 5.74) is 2.23. The lowest BCUT2D eigenvalue weighted by molar-refractivity contribution is -0.118. The molecule has 84 valence electrons. The highest BCUT2D eigenvalue weighted by molar-refractivity contribution is 5.89. The monoisotopic (exact) mass is 215 g/mol. The second kappa shape index (κ2) is 4.97. The molecule has 2 nitrogen and oxygen atoms in total. The number of hydrogen-bond donors (Lipinski definition) is 1. The van der Waals surface area contributed by atoms with E-state index >= 15 is 0 Å². The van der Waals surface area contributed by atoms with E-state index in [1.165, 1.54) is 5.39 Å². The van der Waals surface area contributed by atoms with Gasteiger partial charge in [-0.1, -0.05) is 31.5 Å². The van der Waals surface area contributed by atoms with Crippen LogP contribution in [0.5, 0.6) is 0 Å². The molecule has 1 aromatic carbocycles. The van der Waals surface area contributed by atoms with Crippen molar-refractivity contribution in [2.45, 2.75) is 32.6 Å². The maximum atomic E-state index is 11.7. The zero-order chi connectivity index (χ0) is 11.4. The second-order valence-corrected chi connectivity index (χ2v) is 4.18. The van der Waals surface area contributed by atoms with Gasteiger partial charge >= 0.3 is 0 Å². The van der Waals surface area contributed by atoms with Crippen LogP contribution in [0.3, 0.4) is 0 Å². The van der Waals surface area contributed by atoms with Crippen LogP contribution in [0.4, 0.5) is 0 Å². The van der Waals surface area contributed by atoms with Gasteiger partial charge in [-0.2, -0.15) is 0 Å². The Kier molecular flexibility index (Phi) is 3.40. The summed E-state index contributed by atoms with van der Waals surface area (Å²) in [6, 6.07) is 8.11. The molecule has 0 radical (unpaired) electrons. The van der Waals surface area contributed by atoms with Gasteiger partial charge in [-0.15, -0.1) is 0 Å². The Morgan fingerprint density at radius 1 is 1.31 bits per heavy atom. The standard InChI is InChI=1S/C14H17NO/c1-2-3-6-12(16)9-11-10-15-14-8-5-4-7-13(11)14/h4-5,7-8,10,15H,2-3,6,9H2,1H3. The molecular weight excluding hydrogens is 198 g/mol. The van der Waals surface area contributed by atoms with Crippen LogP contribution >= 0.6 is 0 Å². The van der Waals surface area contributed by atoms with Crippen molar-refractivity contribution < 1.29 is 4.79 Å². The predicted octanol–water partition coefficient (Wildman–Crippen LogP) is 3.47. The van der Waals surface area contributed by atoms with Gasteiger partial charge < -0.3 is 4.98 Å². The number of Topliss-reactive ketones (excluding diaryl/α,β-unsaturated/α-hetero) is 1. The highest BCUT2D eigenvalue weighted by atomic mass is 16.1. The Morgan fingerprint density at radius 3 is 2.94 bits per heavy atom. The first-order chi connectivity index (χ1) is 7.81. The average Bonchev–Trinajstić information content (AvgIpc) is 2.70. The number of fused-ring (bicyclic) bond motifs is 1. The number of unbranched alkanes of at least 4 members (excludes halogenated alkanes) is 1. The maximum Gasteiger partial charge on any atom is 0.137 e. The maximum absolute atomic E-state index is 11.7. The molecule has 0 unspecified atom stereocenters. The first-order valence-electron chi connectivity index (χ1n) is 5.88. The van der Waals surface area contributed by atoms with Gasteiger partial charge in [0.2, 0.25) is 0 Å². The number of aromatic nitrogens is 1. The first kappa shape index (κ1) is 10.9. The summed E-state index contributed by atoms with van der Waals surface area (Å²) < 4.78 is 0. The average molecular weight is 215 g/mol. The van der Waals surface area contributed by atoms with Crippen LogP contribution < -0.4 is 0 Å². The number of benzene rings is 1. The van der Waals surface area contributed by atoms with Gasteiger partial charge in [0.1, 0.15) is 5.78 Å². The van der Waals surface area contributed by atoms with Crippen molar-refractivity contribution in [1.82, 2.24) is 4.98 Å². The molecule has 0 aliphatic carbocycles. The summed E-state index contributed by atoms with van der Waals surface area (Å²) in [6.45, 7) is 2.11. The molecule has 0 fully saturated rings. The largest absolute Gasteiger partial charge is 0.361 e. The lowest BCUT2D eigenvalue weighted by Crippen LogP contribution is -2.01. The Balaban J connectivity index is 2.12. The zero-order valence-corrected chi connectivity index (χ0v) is 9.62. The summed E-state index contributed by atoms with van der Waals surface area (Å²) in [5, 5.41) is 1.17. The smallest absolute Gasteiger partial charge is 0.137 e. The summed E-state index contributed by atoms with van der Waals surface area (Å²) in [4.78, 5) is 14.9. The molecule has 2 rings (SSSR count). The van der Waals surface area contributed by atoms with Gasteiger partial charge in [-0.3, -0.25) is 4.79 Å². The molecule has 2 aromatic rings. The molecule has 16 heavy (non-hydrogen) atoms. The minimum Gasteiger partial charge on any atom is -0.361 e. The van der Waals surface area contributed by atoms with Crippen LogP contribution in [0.25, 0.3) is 10.9 Å². The number of hydrogen-bond acceptors (Lipinski definition) is 1. The van der Waals surface area contributed by atoms with E-state index in [0.29, 0.717) is 18.6 Å². The van der Waals surface area contributed by atoms with Crippen LogP contribution in [-0.2, 0) is 11.2 Å². The topological polar surface area (TPSA) is 32.9 Å². The quantitative estimate of drug-likeness (QED) is 0.813. The SMILES string of the molecule is CCCCC(=O)Cc1c[nH]c2ccccc12. The van der Waals surface area contributed by atoms with E-state index in [9.17, 15) is 4.79 Å². The lowest BCUT2D eigenvalue weighted by atomic mass is 10.0. The number of nitrogens with one attached hydrogen (secondary N) is 1. The van der Waals surface area contributed by atoms with Gasteiger partial charge in [0, 0.05) is 29.9 Å². The Morgan fingerprint density at radius 2 is 2.12 bits per heavy atom. The number of rotatable bonds is 5. The summed E-state index contributed by atoms with van der Waals surface area (Å²) in [5.74, 6) is 0.339. The van der Waals surface area contributed by atoms with Gasteiger partial charge in [-0.25, -0.2) is 0 Å². The lowest BCUT2D eigenvalue weighted by Gasteiger charge is -1.98. The third-order valence-electron chi connectivity index (χ3n) is 2.87. The Hall–Kier alpha value is -1.57. The van der Waals surface area contributed by atoms with E-state index in [4.69, 9.17) is 0 Å². The van der Waals surface area contributed by atoms with E-state index < -0.39 is 0 Å². The molecule has 0 bridgehead atoms. The predicted molar refractivity (Wildman–Crippen MR) is 66.5 cm³/mol. The third kappa shape index (κ3) is 2.32. The molecule has 0 aliphatic rings. The summed E-state index contributed by atoms with van der Waals surface area (Å²) in [7, 11) is 0. The minimum absolute atomic E-state index is 0.339. The molecular formula is C14H17NO. The summed E-state index contributed by atoms with van der Waals surface area (Å²) in [6.07, 6.45) is 5.30. The number of H-pyrrole nitrogens is 1. The van der Waals surface area contributed by atoms with E-state index in [-0.39, 0.29) is 0 Å². The molecule has 0 atom stereocenters. The van der Waals surface area contributed by atoms with E-state index in [1.54, 1.807) is 0 Å². The van der Waals surface area contributed by atoms with Gasteiger partial charge in [0.15, 0.2) is 0 Å². The molecule has 0 saturated carbocycles.